The van der Waals surface area contributed by atoms with Gasteiger partial charge in [0.15, 0.2) is 0 Å². The lowest BCUT2D eigenvalue weighted by molar-refractivity contribution is -0.118. The van der Waals surface area contributed by atoms with Crippen molar-refractivity contribution in [2.45, 2.75) is 19.3 Å². The van der Waals surface area contributed by atoms with Gasteiger partial charge in [-0.25, -0.2) is 0 Å². The van der Waals surface area contributed by atoms with Crippen LogP contribution in [0.3, 0.4) is 0 Å². The van der Waals surface area contributed by atoms with Gasteiger partial charge in [0.2, 0.25) is 11.8 Å². The van der Waals surface area contributed by atoms with Crippen molar-refractivity contribution in [3.8, 4) is 5.75 Å². The number of rotatable bonds is 8. The van der Waals surface area contributed by atoms with Gasteiger partial charge in [0.05, 0.1) is 13.0 Å². The van der Waals surface area contributed by atoms with Gasteiger partial charge in [0.1, 0.15) is 5.75 Å². The normalized spacial score (nSPS) is 9.95. The molecule has 104 valence electrons. The maximum Gasteiger partial charge on any atom is 0.224 e. The predicted molar refractivity (Wildman–Crippen MR) is 74.3 cm³/mol. The van der Waals surface area contributed by atoms with Crippen molar-refractivity contribution >= 4 is 29.1 Å². The molecule has 0 radical (unpaired) electrons. The highest BCUT2D eigenvalue weighted by Gasteiger charge is 2.02. The fraction of sp³-hybridized carbons (Fsp3) is 0.385. The molecule has 5 nitrogen and oxygen atoms in total. The number of carbonyl (C=O) groups is 2. The Morgan fingerprint density at radius 2 is 1.89 bits per heavy atom. The standard InChI is InChI=1S/C13H17ClN2O3/c14-8-1-2-13(18)16-10-3-5-11(6-4-10)19-9-7-12(15)17/h3-6H,1-2,7-9H2,(H2,15,17)(H,16,18). The first kappa shape index (κ1) is 15.3. The first-order chi connectivity index (χ1) is 9.11. The summed E-state index contributed by atoms with van der Waals surface area (Å²) in [7, 11) is 0. The Morgan fingerprint density at radius 3 is 2.47 bits per heavy atom. The highest BCUT2D eigenvalue weighted by atomic mass is 35.5. The Hall–Kier alpha value is -1.75. The van der Waals surface area contributed by atoms with Gasteiger partial charge in [-0.1, -0.05) is 0 Å². The minimum absolute atomic E-state index is 0.0666. The zero-order valence-electron chi connectivity index (χ0n) is 10.5. The summed E-state index contributed by atoms with van der Waals surface area (Å²) < 4.78 is 5.31. The molecule has 6 heteroatoms. The van der Waals surface area contributed by atoms with Crippen molar-refractivity contribution in [1.29, 1.82) is 0 Å². The van der Waals surface area contributed by atoms with Crippen molar-refractivity contribution in [2.75, 3.05) is 17.8 Å². The second-order valence-electron chi connectivity index (χ2n) is 3.93. The van der Waals surface area contributed by atoms with Gasteiger partial charge in [0.25, 0.3) is 0 Å². The topological polar surface area (TPSA) is 81.4 Å². The Bertz CT molecular complexity index is 420. The Balaban J connectivity index is 2.38. The Kier molecular flexibility index (Phi) is 6.74. The van der Waals surface area contributed by atoms with Crippen LogP contribution >= 0.6 is 11.6 Å². The number of ether oxygens (including phenoxy) is 1. The summed E-state index contributed by atoms with van der Waals surface area (Å²) in [4.78, 5) is 22.0. The molecule has 0 fully saturated rings. The van der Waals surface area contributed by atoms with Crippen LogP contribution in [0.4, 0.5) is 5.69 Å². The molecule has 19 heavy (non-hydrogen) atoms. The van der Waals surface area contributed by atoms with E-state index in [1.54, 1.807) is 24.3 Å². The molecule has 0 aliphatic carbocycles. The fourth-order valence-electron chi connectivity index (χ4n) is 1.35. The first-order valence-electron chi connectivity index (χ1n) is 5.99. The van der Waals surface area contributed by atoms with Crippen LogP contribution in [0.25, 0.3) is 0 Å². The number of nitrogens with two attached hydrogens (primary N) is 1. The number of alkyl halides is 1. The van der Waals surface area contributed by atoms with Crippen LogP contribution in [0.15, 0.2) is 24.3 Å². The highest BCUT2D eigenvalue weighted by Crippen LogP contribution is 2.16. The van der Waals surface area contributed by atoms with Crippen LogP contribution in [0.5, 0.6) is 5.75 Å². The van der Waals surface area contributed by atoms with Gasteiger partial charge in [-0.3, -0.25) is 9.59 Å². The second kappa shape index (κ2) is 8.37. The molecule has 3 N–H and O–H groups in total. The number of benzene rings is 1. The van der Waals surface area contributed by atoms with Gasteiger partial charge in [-0.15, -0.1) is 11.6 Å². The van der Waals surface area contributed by atoms with E-state index in [1.807, 2.05) is 0 Å². The van der Waals surface area contributed by atoms with Crippen LogP contribution in [0.1, 0.15) is 19.3 Å². The lowest BCUT2D eigenvalue weighted by atomic mass is 10.2. The molecule has 0 unspecified atom stereocenters. The molecule has 0 atom stereocenters. The lowest BCUT2D eigenvalue weighted by Crippen LogP contribution is -2.14. The minimum Gasteiger partial charge on any atom is -0.493 e. The van der Waals surface area contributed by atoms with E-state index in [0.29, 0.717) is 30.2 Å². The average Bonchev–Trinajstić information content (AvgIpc) is 2.38. The fourth-order valence-corrected chi connectivity index (χ4v) is 1.49. The summed E-state index contributed by atoms with van der Waals surface area (Å²) in [5.74, 6) is 0.631. The maximum atomic E-state index is 11.5. The van der Waals surface area contributed by atoms with E-state index in [0.717, 1.165) is 0 Å². The number of nitrogens with one attached hydrogen (secondary N) is 1. The van der Waals surface area contributed by atoms with Crippen LogP contribution in [0, 0.1) is 0 Å². The van der Waals surface area contributed by atoms with Crippen molar-refractivity contribution in [3.63, 3.8) is 0 Å². The summed E-state index contributed by atoms with van der Waals surface area (Å²) in [5.41, 5.74) is 5.70. The highest BCUT2D eigenvalue weighted by molar-refractivity contribution is 6.18. The zero-order valence-corrected chi connectivity index (χ0v) is 11.3. The monoisotopic (exact) mass is 284 g/mol. The Morgan fingerprint density at radius 1 is 1.21 bits per heavy atom. The minimum atomic E-state index is -0.400. The van der Waals surface area contributed by atoms with E-state index in [-0.39, 0.29) is 18.9 Å². The van der Waals surface area contributed by atoms with Gasteiger partial charge < -0.3 is 15.8 Å². The second-order valence-corrected chi connectivity index (χ2v) is 4.31. The van der Waals surface area contributed by atoms with Crippen LogP contribution in [0.2, 0.25) is 0 Å². The number of hydrogen-bond donors (Lipinski definition) is 2. The number of hydrogen-bond acceptors (Lipinski definition) is 3. The van der Waals surface area contributed by atoms with E-state index < -0.39 is 5.91 Å². The number of amides is 2. The van der Waals surface area contributed by atoms with Crippen LogP contribution < -0.4 is 15.8 Å². The van der Waals surface area contributed by atoms with Crippen LogP contribution in [-0.4, -0.2) is 24.3 Å². The first-order valence-corrected chi connectivity index (χ1v) is 6.52. The number of halogens is 1. The molecule has 2 amide bonds. The van der Waals surface area contributed by atoms with Crippen molar-refractivity contribution in [3.05, 3.63) is 24.3 Å². The summed E-state index contributed by atoms with van der Waals surface area (Å²) in [6, 6.07) is 6.91. The van der Waals surface area contributed by atoms with E-state index in [1.165, 1.54) is 0 Å². The van der Waals surface area contributed by atoms with E-state index >= 15 is 0 Å². The van der Waals surface area contributed by atoms with Gasteiger partial charge >= 0.3 is 0 Å². The summed E-state index contributed by atoms with van der Waals surface area (Å²) in [6.07, 6.45) is 1.24. The zero-order chi connectivity index (χ0) is 14.1. The molecule has 0 aliphatic heterocycles. The van der Waals surface area contributed by atoms with Crippen LogP contribution in [-0.2, 0) is 9.59 Å². The molecular weight excluding hydrogens is 268 g/mol. The molecule has 0 aromatic heterocycles. The summed E-state index contributed by atoms with van der Waals surface area (Å²) in [5, 5.41) is 2.75. The third kappa shape index (κ3) is 6.67. The average molecular weight is 285 g/mol. The SMILES string of the molecule is NC(=O)CCOc1ccc(NC(=O)CCCCl)cc1. The predicted octanol–water partition coefficient (Wildman–Crippen LogP) is 1.90. The van der Waals surface area contributed by atoms with Crippen molar-refractivity contribution < 1.29 is 14.3 Å². The summed E-state index contributed by atoms with van der Waals surface area (Å²) >= 11 is 5.51. The quantitative estimate of drug-likeness (QED) is 0.715. The van der Waals surface area contributed by atoms with Gasteiger partial charge in [-0.2, -0.15) is 0 Å². The van der Waals surface area contributed by atoms with Crippen molar-refractivity contribution in [2.24, 2.45) is 5.73 Å². The third-order valence-electron chi connectivity index (χ3n) is 2.29. The molecule has 1 rings (SSSR count). The van der Waals surface area contributed by atoms with Gasteiger partial charge in [-0.05, 0) is 30.7 Å². The third-order valence-corrected chi connectivity index (χ3v) is 2.56. The molecule has 0 aliphatic rings. The molecule has 0 heterocycles. The molecular formula is C13H17ClN2O3. The molecule has 0 saturated heterocycles. The molecule has 1 aromatic rings. The molecule has 1 aromatic carbocycles. The van der Waals surface area contributed by atoms with E-state index in [9.17, 15) is 9.59 Å². The lowest BCUT2D eigenvalue weighted by Gasteiger charge is -2.07. The van der Waals surface area contributed by atoms with Crippen molar-refractivity contribution in [1.82, 2.24) is 0 Å². The maximum absolute atomic E-state index is 11.5. The number of primary amides is 1. The largest absolute Gasteiger partial charge is 0.493 e. The van der Waals surface area contributed by atoms with E-state index in [2.05, 4.69) is 5.32 Å². The summed E-state index contributed by atoms with van der Waals surface area (Å²) in [6.45, 7) is 0.247. The number of anilines is 1. The molecule has 0 saturated carbocycles. The Labute approximate surface area is 117 Å². The van der Waals surface area contributed by atoms with Gasteiger partial charge in [0, 0.05) is 18.0 Å². The molecule has 0 spiro atoms. The smallest absolute Gasteiger partial charge is 0.224 e. The number of carbonyl (C=O) groups excluding carboxylic acids is 2. The van der Waals surface area contributed by atoms with E-state index in [4.69, 9.17) is 22.1 Å². The molecule has 0 bridgehead atoms.